The molecular weight excluding hydrogens is 505 g/mol. The highest BCUT2D eigenvalue weighted by molar-refractivity contribution is 7.92. The van der Waals surface area contributed by atoms with E-state index in [-0.39, 0.29) is 4.90 Å². The highest BCUT2D eigenvalue weighted by Crippen LogP contribution is 2.27. The standard InChI is InChI=1S/C26H27Cl2N3O3S/c27-21-9-13-25(14-10-21)35(33,34)31(24-6-4-5-22(28)17-24)19-26(32)29-18-20-7-11-23(12-8-20)30-15-2-1-3-16-30/h4-14,17H,1-3,15-16,18-19H2,(H,29,32). The second-order valence-corrected chi connectivity index (χ2v) is 11.2. The summed E-state index contributed by atoms with van der Waals surface area (Å²) < 4.78 is 27.9. The summed E-state index contributed by atoms with van der Waals surface area (Å²) in [6, 6.07) is 20.3. The van der Waals surface area contributed by atoms with Gasteiger partial charge < -0.3 is 10.2 Å². The summed E-state index contributed by atoms with van der Waals surface area (Å²) in [7, 11) is -4.03. The Morgan fingerprint density at radius 3 is 2.23 bits per heavy atom. The summed E-state index contributed by atoms with van der Waals surface area (Å²) in [5, 5.41) is 3.62. The normalized spacial score (nSPS) is 13.9. The number of piperidine rings is 1. The first-order valence-corrected chi connectivity index (χ1v) is 13.7. The van der Waals surface area contributed by atoms with Crippen molar-refractivity contribution in [1.82, 2.24) is 5.32 Å². The summed E-state index contributed by atoms with van der Waals surface area (Å²) in [6.07, 6.45) is 3.69. The first-order chi connectivity index (χ1) is 16.8. The molecular formula is C26H27Cl2N3O3S. The van der Waals surface area contributed by atoms with Gasteiger partial charge in [0.05, 0.1) is 10.6 Å². The van der Waals surface area contributed by atoms with Crippen molar-refractivity contribution >= 4 is 50.5 Å². The van der Waals surface area contributed by atoms with Gasteiger partial charge in [-0.1, -0.05) is 41.4 Å². The second kappa shape index (κ2) is 11.3. The van der Waals surface area contributed by atoms with E-state index < -0.39 is 22.5 Å². The molecule has 0 bridgehead atoms. The zero-order chi connectivity index (χ0) is 24.8. The van der Waals surface area contributed by atoms with Crippen LogP contribution < -0.4 is 14.5 Å². The minimum Gasteiger partial charge on any atom is -0.372 e. The first-order valence-electron chi connectivity index (χ1n) is 11.5. The number of sulfonamides is 1. The number of rotatable bonds is 8. The Kier molecular flexibility index (Phi) is 8.21. The fraction of sp³-hybridized carbons (Fsp3) is 0.269. The van der Waals surface area contributed by atoms with Crippen molar-refractivity contribution in [3.05, 3.63) is 88.4 Å². The first kappa shape index (κ1) is 25.4. The van der Waals surface area contributed by atoms with Crippen molar-refractivity contribution in [2.24, 2.45) is 0 Å². The number of halogens is 2. The molecule has 1 amide bonds. The van der Waals surface area contributed by atoms with Gasteiger partial charge in [-0.15, -0.1) is 0 Å². The number of amides is 1. The van der Waals surface area contributed by atoms with Crippen molar-refractivity contribution in [1.29, 1.82) is 0 Å². The number of nitrogens with one attached hydrogen (secondary N) is 1. The lowest BCUT2D eigenvalue weighted by molar-refractivity contribution is -0.119. The molecule has 4 rings (SSSR count). The van der Waals surface area contributed by atoms with E-state index in [1.807, 2.05) is 12.1 Å². The van der Waals surface area contributed by atoms with E-state index in [1.54, 1.807) is 18.2 Å². The number of anilines is 2. The quantitative estimate of drug-likeness (QED) is 0.416. The molecule has 9 heteroatoms. The highest BCUT2D eigenvalue weighted by Gasteiger charge is 2.27. The molecule has 0 atom stereocenters. The Hall–Kier alpha value is -2.74. The van der Waals surface area contributed by atoms with E-state index in [1.165, 1.54) is 55.3 Å². The lowest BCUT2D eigenvalue weighted by Crippen LogP contribution is -2.40. The van der Waals surface area contributed by atoms with E-state index in [0.29, 0.717) is 22.3 Å². The average molecular weight is 532 g/mol. The summed E-state index contributed by atoms with van der Waals surface area (Å²) in [4.78, 5) is 15.3. The van der Waals surface area contributed by atoms with Gasteiger partial charge in [0.15, 0.2) is 0 Å². The number of carbonyl (C=O) groups excluding carboxylic acids is 1. The highest BCUT2D eigenvalue weighted by atomic mass is 35.5. The molecule has 0 radical (unpaired) electrons. The summed E-state index contributed by atoms with van der Waals surface area (Å²) >= 11 is 12.0. The molecule has 0 aromatic heterocycles. The third-order valence-electron chi connectivity index (χ3n) is 5.93. The van der Waals surface area contributed by atoms with Crippen LogP contribution in [0.4, 0.5) is 11.4 Å². The molecule has 3 aromatic rings. The zero-order valence-electron chi connectivity index (χ0n) is 19.2. The minimum atomic E-state index is -4.03. The lowest BCUT2D eigenvalue weighted by Gasteiger charge is -2.28. The van der Waals surface area contributed by atoms with Crippen molar-refractivity contribution in [3.63, 3.8) is 0 Å². The molecule has 6 nitrogen and oxygen atoms in total. The Labute approximate surface area is 216 Å². The van der Waals surface area contributed by atoms with Gasteiger partial charge in [0.1, 0.15) is 6.54 Å². The van der Waals surface area contributed by atoms with Crippen molar-refractivity contribution in [3.8, 4) is 0 Å². The molecule has 1 N–H and O–H groups in total. The summed E-state index contributed by atoms with van der Waals surface area (Å²) in [6.45, 7) is 2.04. The van der Waals surface area contributed by atoms with Crippen LogP contribution in [-0.2, 0) is 21.4 Å². The SMILES string of the molecule is O=C(CN(c1cccc(Cl)c1)S(=O)(=O)c1ccc(Cl)cc1)NCc1ccc(N2CCCCC2)cc1. The van der Waals surface area contributed by atoms with Crippen LogP contribution in [0, 0.1) is 0 Å². The minimum absolute atomic E-state index is 0.0305. The molecule has 0 saturated carbocycles. The Bertz CT molecular complexity index is 1260. The van der Waals surface area contributed by atoms with E-state index in [0.717, 1.165) is 23.0 Å². The fourth-order valence-corrected chi connectivity index (χ4v) is 5.77. The summed E-state index contributed by atoms with van der Waals surface area (Å²) in [5.41, 5.74) is 2.42. The van der Waals surface area contributed by atoms with Gasteiger partial charge in [-0.25, -0.2) is 8.42 Å². The van der Waals surface area contributed by atoms with Crippen LogP contribution in [-0.4, -0.2) is 34.0 Å². The maximum Gasteiger partial charge on any atom is 0.264 e. The molecule has 1 aliphatic heterocycles. The molecule has 0 spiro atoms. The monoisotopic (exact) mass is 531 g/mol. The van der Waals surface area contributed by atoms with Gasteiger partial charge >= 0.3 is 0 Å². The van der Waals surface area contributed by atoms with Crippen LogP contribution >= 0.6 is 23.2 Å². The van der Waals surface area contributed by atoms with Gasteiger partial charge in [0, 0.05) is 35.4 Å². The molecule has 0 unspecified atom stereocenters. The van der Waals surface area contributed by atoms with Crippen molar-refractivity contribution in [2.75, 3.05) is 28.8 Å². The predicted molar refractivity (Wildman–Crippen MR) is 142 cm³/mol. The molecule has 3 aromatic carbocycles. The maximum absolute atomic E-state index is 13.4. The number of carbonyl (C=O) groups is 1. The van der Waals surface area contributed by atoms with Crippen molar-refractivity contribution in [2.45, 2.75) is 30.7 Å². The third kappa shape index (κ3) is 6.48. The molecule has 0 aliphatic carbocycles. The molecule has 1 heterocycles. The van der Waals surface area contributed by atoms with Crippen LogP contribution in [0.2, 0.25) is 10.0 Å². The lowest BCUT2D eigenvalue weighted by atomic mass is 10.1. The second-order valence-electron chi connectivity index (χ2n) is 8.44. The van der Waals surface area contributed by atoms with Crippen LogP contribution in [0.15, 0.2) is 77.7 Å². The molecule has 1 aliphatic rings. The van der Waals surface area contributed by atoms with Crippen LogP contribution in [0.5, 0.6) is 0 Å². The number of hydrogen-bond acceptors (Lipinski definition) is 4. The Morgan fingerprint density at radius 1 is 0.886 bits per heavy atom. The third-order valence-corrected chi connectivity index (χ3v) is 8.21. The number of benzene rings is 3. The van der Waals surface area contributed by atoms with E-state index in [2.05, 4.69) is 22.3 Å². The van der Waals surface area contributed by atoms with E-state index >= 15 is 0 Å². The number of hydrogen-bond donors (Lipinski definition) is 1. The average Bonchev–Trinajstić information content (AvgIpc) is 2.87. The molecule has 1 fully saturated rings. The van der Waals surface area contributed by atoms with Gasteiger partial charge in [0.2, 0.25) is 5.91 Å². The van der Waals surface area contributed by atoms with Crippen LogP contribution in [0.3, 0.4) is 0 Å². The summed E-state index contributed by atoms with van der Waals surface area (Å²) in [5.74, 6) is -0.428. The van der Waals surface area contributed by atoms with Gasteiger partial charge in [-0.2, -0.15) is 0 Å². The van der Waals surface area contributed by atoms with Crippen molar-refractivity contribution < 1.29 is 13.2 Å². The Balaban J connectivity index is 1.47. The fourth-order valence-electron chi connectivity index (χ4n) is 4.04. The molecule has 35 heavy (non-hydrogen) atoms. The smallest absolute Gasteiger partial charge is 0.264 e. The molecule has 1 saturated heterocycles. The van der Waals surface area contributed by atoms with Crippen LogP contribution in [0.1, 0.15) is 24.8 Å². The topological polar surface area (TPSA) is 69.7 Å². The van der Waals surface area contributed by atoms with Gasteiger partial charge in [0.25, 0.3) is 10.0 Å². The predicted octanol–water partition coefficient (Wildman–Crippen LogP) is 5.50. The van der Waals surface area contributed by atoms with Crippen LogP contribution in [0.25, 0.3) is 0 Å². The van der Waals surface area contributed by atoms with Gasteiger partial charge in [-0.05, 0) is 79.4 Å². The van der Waals surface area contributed by atoms with E-state index in [4.69, 9.17) is 23.2 Å². The largest absolute Gasteiger partial charge is 0.372 e. The zero-order valence-corrected chi connectivity index (χ0v) is 21.5. The number of nitrogens with zero attached hydrogens (tertiary/aromatic N) is 2. The van der Waals surface area contributed by atoms with Gasteiger partial charge in [-0.3, -0.25) is 9.10 Å². The maximum atomic E-state index is 13.4. The molecule has 184 valence electrons. The van der Waals surface area contributed by atoms with E-state index in [9.17, 15) is 13.2 Å². The Morgan fingerprint density at radius 2 is 1.57 bits per heavy atom.